The number of hydrogen-bond acceptors (Lipinski definition) is 4. The molecule has 1 heterocycles. The molecule has 0 bridgehead atoms. The van der Waals surface area contributed by atoms with E-state index in [1.54, 1.807) is 6.07 Å². The Hall–Kier alpha value is -2.27. The highest BCUT2D eigenvalue weighted by molar-refractivity contribution is 6.29. The second-order valence-corrected chi connectivity index (χ2v) is 5.22. The molecule has 0 spiro atoms. The fourth-order valence-corrected chi connectivity index (χ4v) is 2.04. The van der Waals surface area contributed by atoms with Crippen LogP contribution in [0, 0.1) is 0 Å². The van der Waals surface area contributed by atoms with E-state index in [1.165, 1.54) is 6.20 Å². The summed E-state index contributed by atoms with van der Waals surface area (Å²) >= 11 is 5.85. The number of aromatic nitrogens is 1. The standard InChI is InChI=1S/C15H17ClN4O/c1-20(2)11-5-3-10(4-6-11)8-18-13-7-14(16)19-9-12(13)15(17)21/h3-7,9H,8H2,1-2H3,(H2,17,21)(H,18,19). The molecule has 2 rings (SSSR count). The first-order valence-electron chi connectivity index (χ1n) is 6.43. The van der Waals surface area contributed by atoms with Crippen molar-refractivity contribution in [3.63, 3.8) is 0 Å². The van der Waals surface area contributed by atoms with E-state index < -0.39 is 5.91 Å². The van der Waals surface area contributed by atoms with Gasteiger partial charge in [0.2, 0.25) is 0 Å². The highest BCUT2D eigenvalue weighted by atomic mass is 35.5. The third-order valence-electron chi connectivity index (χ3n) is 3.07. The largest absolute Gasteiger partial charge is 0.380 e. The Morgan fingerprint density at radius 2 is 2.00 bits per heavy atom. The molecule has 0 radical (unpaired) electrons. The van der Waals surface area contributed by atoms with Crippen LogP contribution in [0.4, 0.5) is 11.4 Å². The van der Waals surface area contributed by atoms with Crippen molar-refractivity contribution in [1.82, 2.24) is 4.98 Å². The number of carbonyl (C=O) groups is 1. The van der Waals surface area contributed by atoms with Crippen molar-refractivity contribution in [2.75, 3.05) is 24.3 Å². The Bertz CT molecular complexity index is 641. The van der Waals surface area contributed by atoms with E-state index >= 15 is 0 Å². The zero-order valence-corrected chi connectivity index (χ0v) is 12.7. The number of nitrogens with two attached hydrogens (primary N) is 1. The minimum Gasteiger partial charge on any atom is -0.380 e. The quantitative estimate of drug-likeness (QED) is 0.833. The minimum absolute atomic E-state index is 0.311. The van der Waals surface area contributed by atoms with Gasteiger partial charge in [0, 0.05) is 32.5 Å². The molecule has 2 aromatic rings. The predicted molar refractivity (Wildman–Crippen MR) is 85.9 cm³/mol. The van der Waals surface area contributed by atoms with Gasteiger partial charge in [-0.3, -0.25) is 4.79 Å². The number of pyridine rings is 1. The average molecular weight is 305 g/mol. The second-order valence-electron chi connectivity index (χ2n) is 4.83. The van der Waals surface area contributed by atoms with Gasteiger partial charge in [-0.2, -0.15) is 0 Å². The zero-order valence-electron chi connectivity index (χ0n) is 11.9. The van der Waals surface area contributed by atoms with Gasteiger partial charge >= 0.3 is 0 Å². The molecule has 0 aliphatic carbocycles. The summed E-state index contributed by atoms with van der Waals surface area (Å²) < 4.78 is 0. The summed E-state index contributed by atoms with van der Waals surface area (Å²) in [5.74, 6) is -0.537. The van der Waals surface area contributed by atoms with E-state index in [1.807, 2.05) is 43.3 Å². The number of primary amides is 1. The molecule has 1 amide bonds. The summed E-state index contributed by atoms with van der Waals surface area (Å²) in [7, 11) is 3.98. The van der Waals surface area contributed by atoms with Crippen molar-refractivity contribution in [1.29, 1.82) is 0 Å². The second kappa shape index (κ2) is 6.45. The summed E-state index contributed by atoms with van der Waals surface area (Å²) in [6, 6.07) is 9.71. The first kappa shape index (κ1) is 15.1. The van der Waals surface area contributed by atoms with Crippen LogP contribution >= 0.6 is 11.6 Å². The molecule has 0 atom stereocenters. The number of rotatable bonds is 5. The number of hydrogen-bond donors (Lipinski definition) is 2. The van der Waals surface area contributed by atoms with Gasteiger partial charge in [-0.25, -0.2) is 4.98 Å². The number of halogens is 1. The van der Waals surface area contributed by atoms with Crippen LogP contribution in [0.1, 0.15) is 15.9 Å². The number of nitrogens with one attached hydrogen (secondary N) is 1. The lowest BCUT2D eigenvalue weighted by Gasteiger charge is -2.14. The molecular formula is C15H17ClN4O. The van der Waals surface area contributed by atoms with Crippen LogP contribution in [0.3, 0.4) is 0 Å². The fourth-order valence-electron chi connectivity index (χ4n) is 1.88. The molecule has 5 nitrogen and oxygen atoms in total. The molecule has 0 aliphatic heterocycles. The Kier molecular flexibility index (Phi) is 4.65. The predicted octanol–water partition coefficient (Wildman–Crippen LogP) is 2.51. The maximum atomic E-state index is 11.4. The molecule has 0 aliphatic rings. The molecule has 0 fully saturated rings. The van der Waals surface area contributed by atoms with Crippen molar-refractivity contribution in [3.05, 3.63) is 52.8 Å². The first-order valence-corrected chi connectivity index (χ1v) is 6.80. The minimum atomic E-state index is -0.537. The van der Waals surface area contributed by atoms with E-state index in [-0.39, 0.29) is 0 Å². The summed E-state index contributed by atoms with van der Waals surface area (Å²) in [6.45, 7) is 0.564. The number of anilines is 2. The van der Waals surface area contributed by atoms with Gasteiger partial charge < -0.3 is 16.0 Å². The Labute approximate surface area is 128 Å². The van der Waals surface area contributed by atoms with E-state index in [9.17, 15) is 4.79 Å². The average Bonchev–Trinajstić information content (AvgIpc) is 2.45. The molecule has 1 aromatic heterocycles. The topological polar surface area (TPSA) is 71.2 Å². The van der Waals surface area contributed by atoms with Crippen LogP contribution in [0.5, 0.6) is 0 Å². The van der Waals surface area contributed by atoms with Crippen LogP contribution in [0.15, 0.2) is 36.5 Å². The molecule has 1 aromatic carbocycles. The molecule has 110 valence electrons. The maximum Gasteiger partial charge on any atom is 0.252 e. The monoisotopic (exact) mass is 304 g/mol. The van der Waals surface area contributed by atoms with E-state index in [0.717, 1.165) is 11.3 Å². The summed E-state index contributed by atoms with van der Waals surface area (Å²) in [5.41, 5.74) is 8.44. The molecule has 21 heavy (non-hydrogen) atoms. The number of benzene rings is 1. The number of carbonyl (C=O) groups excluding carboxylic acids is 1. The highest BCUT2D eigenvalue weighted by Crippen LogP contribution is 2.20. The smallest absolute Gasteiger partial charge is 0.252 e. The van der Waals surface area contributed by atoms with Crippen molar-refractivity contribution < 1.29 is 4.79 Å². The van der Waals surface area contributed by atoms with Crippen LogP contribution in [-0.2, 0) is 6.54 Å². The van der Waals surface area contributed by atoms with Gasteiger partial charge in [0.1, 0.15) is 5.15 Å². The van der Waals surface area contributed by atoms with Gasteiger partial charge in [-0.15, -0.1) is 0 Å². The summed E-state index contributed by atoms with van der Waals surface area (Å²) in [5, 5.41) is 3.47. The van der Waals surface area contributed by atoms with Crippen LogP contribution in [0.25, 0.3) is 0 Å². The van der Waals surface area contributed by atoms with Gasteiger partial charge in [-0.05, 0) is 23.8 Å². The van der Waals surface area contributed by atoms with Crippen LogP contribution in [-0.4, -0.2) is 25.0 Å². The van der Waals surface area contributed by atoms with Crippen LogP contribution < -0.4 is 16.0 Å². The van der Waals surface area contributed by atoms with Gasteiger partial charge in [0.25, 0.3) is 5.91 Å². The lowest BCUT2D eigenvalue weighted by molar-refractivity contribution is 0.100. The molecule has 0 saturated heterocycles. The molecule has 6 heteroatoms. The van der Waals surface area contributed by atoms with Gasteiger partial charge in [0.05, 0.1) is 11.3 Å². The molecule has 0 unspecified atom stereocenters. The summed E-state index contributed by atoms with van der Waals surface area (Å²) in [4.78, 5) is 17.3. The first-order chi connectivity index (χ1) is 9.97. The third-order valence-corrected chi connectivity index (χ3v) is 3.28. The molecular weight excluding hydrogens is 288 g/mol. The zero-order chi connectivity index (χ0) is 15.4. The Morgan fingerprint density at radius 1 is 1.33 bits per heavy atom. The fraction of sp³-hybridized carbons (Fsp3) is 0.200. The van der Waals surface area contributed by atoms with Gasteiger partial charge in [-0.1, -0.05) is 23.7 Å². The third kappa shape index (κ3) is 3.86. The lowest BCUT2D eigenvalue weighted by Crippen LogP contribution is -2.15. The van der Waals surface area contributed by atoms with E-state index in [4.69, 9.17) is 17.3 Å². The van der Waals surface area contributed by atoms with E-state index in [0.29, 0.717) is 22.9 Å². The van der Waals surface area contributed by atoms with Crippen molar-refractivity contribution in [2.24, 2.45) is 5.73 Å². The Morgan fingerprint density at radius 3 is 2.57 bits per heavy atom. The molecule has 3 N–H and O–H groups in total. The molecule has 0 saturated carbocycles. The number of amides is 1. The highest BCUT2D eigenvalue weighted by Gasteiger charge is 2.09. The summed E-state index contributed by atoms with van der Waals surface area (Å²) in [6.07, 6.45) is 1.38. The van der Waals surface area contributed by atoms with E-state index in [2.05, 4.69) is 10.3 Å². The van der Waals surface area contributed by atoms with Gasteiger partial charge in [0.15, 0.2) is 0 Å². The Balaban J connectivity index is 2.12. The number of nitrogens with zero attached hydrogens (tertiary/aromatic N) is 2. The lowest BCUT2D eigenvalue weighted by atomic mass is 10.1. The SMILES string of the molecule is CN(C)c1ccc(CNc2cc(Cl)ncc2C(N)=O)cc1. The van der Waals surface area contributed by atoms with Crippen molar-refractivity contribution >= 4 is 28.9 Å². The maximum absolute atomic E-state index is 11.4. The van der Waals surface area contributed by atoms with Crippen LogP contribution in [0.2, 0.25) is 5.15 Å². The van der Waals surface area contributed by atoms with Crippen molar-refractivity contribution in [2.45, 2.75) is 6.54 Å². The normalized spacial score (nSPS) is 10.2. The van der Waals surface area contributed by atoms with Crippen molar-refractivity contribution in [3.8, 4) is 0 Å².